The minimum atomic E-state index is -0.556. The summed E-state index contributed by atoms with van der Waals surface area (Å²) < 4.78 is 4.87. The average molecular weight is 271 g/mol. The van der Waals surface area contributed by atoms with E-state index >= 15 is 0 Å². The number of halogens is 1. The first-order chi connectivity index (χ1) is 8.52. The second-order valence-electron chi connectivity index (χ2n) is 3.79. The van der Waals surface area contributed by atoms with Crippen molar-refractivity contribution >= 4 is 23.5 Å². The molecule has 6 heteroatoms. The van der Waals surface area contributed by atoms with Gasteiger partial charge in [0.15, 0.2) is 0 Å². The fraction of sp³-hybridized carbons (Fsp3) is 0.333. The van der Waals surface area contributed by atoms with Crippen LogP contribution < -0.4 is 10.6 Å². The zero-order valence-electron chi connectivity index (χ0n) is 10.2. The maximum absolute atomic E-state index is 11.7. The molecule has 3 amide bonds. The molecule has 1 aromatic rings. The molecule has 1 aromatic carbocycles. The molecule has 0 bridgehead atoms. The van der Waals surface area contributed by atoms with Crippen LogP contribution in [0.5, 0.6) is 0 Å². The van der Waals surface area contributed by atoms with Crippen molar-refractivity contribution in [2.45, 2.75) is 13.0 Å². The third-order valence-electron chi connectivity index (χ3n) is 2.13. The maximum atomic E-state index is 11.7. The Balaban J connectivity index is 2.49. The Labute approximate surface area is 110 Å². The summed E-state index contributed by atoms with van der Waals surface area (Å²) in [4.78, 5) is 23.1. The third-order valence-corrected chi connectivity index (χ3v) is 2.38. The van der Waals surface area contributed by atoms with Crippen LogP contribution in [0.2, 0.25) is 5.02 Å². The summed E-state index contributed by atoms with van der Waals surface area (Å²) in [5.74, 6) is -0.478. The van der Waals surface area contributed by atoms with Crippen molar-refractivity contribution in [3.63, 3.8) is 0 Å². The van der Waals surface area contributed by atoms with Crippen molar-refractivity contribution in [1.82, 2.24) is 10.6 Å². The second-order valence-corrected chi connectivity index (χ2v) is 4.23. The first-order valence-electron chi connectivity index (χ1n) is 5.39. The number of rotatable bonds is 4. The van der Waals surface area contributed by atoms with Gasteiger partial charge in [0.05, 0.1) is 12.6 Å². The number of methoxy groups -OCH3 is 1. The topological polar surface area (TPSA) is 67.4 Å². The first-order valence-corrected chi connectivity index (χ1v) is 5.77. The van der Waals surface area contributed by atoms with Gasteiger partial charge in [-0.25, -0.2) is 4.79 Å². The van der Waals surface area contributed by atoms with Crippen LogP contribution >= 0.6 is 11.6 Å². The fourth-order valence-corrected chi connectivity index (χ4v) is 1.45. The van der Waals surface area contributed by atoms with Gasteiger partial charge in [0.2, 0.25) is 0 Å². The van der Waals surface area contributed by atoms with Crippen LogP contribution in [0.1, 0.15) is 17.3 Å². The molecule has 0 aliphatic carbocycles. The van der Waals surface area contributed by atoms with E-state index in [0.717, 1.165) is 0 Å². The third kappa shape index (κ3) is 4.73. The minimum absolute atomic E-state index is 0.173. The Morgan fingerprint density at radius 3 is 2.50 bits per heavy atom. The monoisotopic (exact) mass is 270 g/mol. The van der Waals surface area contributed by atoms with Gasteiger partial charge in [0.1, 0.15) is 0 Å². The van der Waals surface area contributed by atoms with E-state index in [9.17, 15) is 9.59 Å². The highest BCUT2D eigenvalue weighted by Gasteiger charge is 2.12. The van der Waals surface area contributed by atoms with Crippen LogP contribution in [0, 0.1) is 0 Å². The summed E-state index contributed by atoms with van der Waals surface area (Å²) in [6.45, 7) is 2.15. The molecule has 0 aliphatic heterocycles. The number of nitrogens with one attached hydrogen (secondary N) is 2. The Hall–Kier alpha value is -1.59. The summed E-state index contributed by atoms with van der Waals surface area (Å²) in [6.07, 6.45) is 0. The van der Waals surface area contributed by atoms with Gasteiger partial charge in [-0.15, -0.1) is 0 Å². The molecule has 0 saturated carbocycles. The second kappa shape index (κ2) is 6.98. The fourth-order valence-electron chi connectivity index (χ4n) is 1.33. The SMILES string of the molecule is COC[C@H](C)NC(=O)NC(=O)c1ccc(Cl)cc1. The molecule has 0 fully saturated rings. The van der Waals surface area contributed by atoms with Crippen LogP contribution in [-0.2, 0) is 4.74 Å². The standard InChI is InChI=1S/C12H15ClN2O3/c1-8(7-18-2)14-12(17)15-11(16)9-3-5-10(13)6-4-9/h3-6,8H,7H2,1-2H3,(H2,14,15,16,17)/t8-/m0/s1. The number of carbonyl (C=O) groups is 2. The Kier molecular flexibility index (Phi) is 5.61. The van der Waals surface area contributed by atoms with E-state index in [1.54, 1.807) is 31.2 Å². The van der Waals surface area contributed by atoms with Gasteiger partial charge in [0.25, 0.3) is 5.91 Å². The molecule has 0 spiro atoms. The van der Waals surface area contributed by atoms with Crippen LogP contribution in [0.15, 0.2) is 24.3 Å². The average Bonchev–Trinajstić information content (AvgIpc) is 2.29. The number of urea groups is 1. The summed E-state index contributed by atoms with van der Waals surface area (Å²) in [5.41, 5.74) is 0.369. The predicted octanol–water partition coefficient (Wildman–Crippen LogP) is 1.81. The van der Waals surface area contributed by atoms with Crippen LogP contribution in [-0.4, -0.2) is 31.7 Å². The smallest absolute Gasteiger partial charge is 0.321 e. The molecule has 18 heavy (non-hydrogen) atoms. The molecular weight excluding hydrogens is 256 g/mol. The van der Waals surface area contributed by atoms with Crippen LogP contribution in [0.4, 0.5) is 4.79 Å². The molecular formula is C12H15ClN2O3. The van der Waals surface area contributed by atoms with E-state index in [1.165, 1.54) is 7.11 Å². The Morgan fingerprint density at radius 1 is 1.33 bits per heavy atom. The highest BCUT2D eigenvalue weighted by molar-refractivity contribution is 6.30. The quantitative estimate of drug-likeness (QED) is 0.877. The van der Waals surface area contributed by atoms with Gasteiger partial charge in [-0.1, -0.05) is 11.6 Å². The van der Waals surface area contributed by atoms with Crippen molar-refractivity contribution in [2.75, 3.05) is 13.7 Å². The van der Waals surface area contributed by atoms with Gasteiger partial charge in [0, 0.05) is 17.7 Å². The van der Waals surface area contributed by atoms with E-state index in [2.05, 4.69) is 10.6 Å². The van der Waals surface area contributed by atoms with Crippen LogP contribution in [0.25, 0.3) is 0 Å². The number of imide groups is 1. The molecule has 5 nitrogen and oxygen atoms in total. The number of carbonyl (C=O) groups excluding carboxylic acids is 2. The van der Waals surface area contributed by atoms with Crippen molar-refractivity contribution in [3.05, 3.63) is 34.9 Å². The number of amides is 3. The molecule has 0 saturated heterocycles. The maximum Gasteiger partial charge on any atom is 0.321 e. The Bertz CT molecular complexity index is 420. The molecule has 1 atom stereocenters. The van der Waals surface area contributed by atoms with Crippen molar-refractivity contribution < 1.29 is 14.3 Å². The van der Waals surface area contributed by atoms with Gasteiger partial charge in [-0.2, -0.15) is 0 Å². The van der Waals surface area contributed by atoms with E-state index < -0.39 is 11.9 Å². The van der Waals surface area contributed by atoms with Gasteiger partial charge in [-0.05, 0) is 31.2 Å². The van der Waals surface area contributed by atoms with E-state index in [4.69, 9.17) is 16.3 Å². The summed E-state index contributed by atoms with van der Waals surface area (Å²) >= 11 is 5.70. The number of hydrogen-bond acceptors (Lipinski definition) is 3. The molecule has 0 unspecified atom stereocenters. The molecule has 98 valence electrons. The van der Waals surface area contributed by atoms with Crippen LogP contribution in [0.3, 0.4) is 0 Å². The van der Waals surface area contributed by atoms with Gasteiger partial charge in [-0.3, -0.25) is 10.1 Å². The summed E-state index contributed by atoms with van der Waals surface area (Å²) in [6, 6.07) is 5.53. The number of benzene rings is 1. The van der Waals surface area contributed by atoms with Crippen molar-refractivity contribution in [2.24, 2.45) is 0 Å². The minimum Gasteiger partial charge on any atom is -0.383 e. The zero-order valence-corrected chi connectivity index (χ0v) is 11.0. The van der Waals surface area contributed by atoms with E-state index in [1.807, 2.05) is 0 Å². The first kappa shape index (κ1) is 14.5. The Morgan fingerprint density at radius 2 is 1.94 bits per heavy atom. The van der Waals surface area contributed by atoms with Crippen molar-refractivity contribution in [1.29, 1.82) is 0 Å². The predicted molar refractivity (Wildman–Crippen MR) is 68.8 cm³/mol. The molecule has 0 heterocycles. The normalized spacial score (nSPS) is 11.7. The largest absolute Gasteiger partial charge is 0.383 e. The van der Waals surface area contributed by atoms with E-state index in [-0.39, 0.29) is 6.04 Å². The van der Waals surface area contributed by atoms with Gasteiger partial charge < -0.3 is 10.1 Å². The lowest BCUT2D eigenvalue weighted by atomic mass is 10.2. The lowest BCUT2D eigenvalue weighted by Gasteiger charge is -2.12. The molecule has 1 rings (SSSR count). The highest BCUT2D eigenvalue weighted by Crippen LogP contribution is 2.09. The zero-order chi connectivity index (χ0) is 13.5. The molecule has 2 N–H and O–H groups in total. The van der Waals surface area contributed by atoms with E-state index in [0.29, 0.717) is 17.2 Å². The summed E-state index contributed by atoms with van der Waals surface area (Å²) in [7, 11) is 1.54. The lowest BCUT2D eigenvalue weighted by molar-refractivity contribution is 0.0961. The molecule has 0 aliphatic rings. The molecule has 0 aromatic heterocycles. The summed E-state index contributed by atoms with van der Waals surface area (Å²) in [5, 5.41) is 5.32. The number of ether oxygens (including phenoxy) is 1. The van der Waals surface area contributed by atoms with Gasteiger partial charge >= 0.3 is 6.03 Å². The lowest BCUT2D eigenvalue weighted by Crippen LogP contribution is -2.44. The number of hydrogen-bond donors (Lipinski definition) is 2. The highest BCUT2D eigenvalue weighted by atomic mass is 35.5. The van der Waals surface area contributed by atoms with Crippen molar-refractivity contribution in [3.8, 4) is 0 Å². The molecule has 0 radical (unpaired) electrons.